The Morgan fingerprint density at radius 1 is 0.942 bits per heavy atom. The minimum absolute atomic E-state index is 0.378. The lowest BCUT2D eigenvalue weighted by Crippen LogP contribution is -2.44. The van der Waals surface area contributed by atoms with Crippen molar-refractivity contribution in [2.24, 2.45) is 0 Å². The molecule has 2 N–H and O–H groups in total. The van der Waals surface area contributed by atoms with Crippen molar-refractivity contribution < 1.29 is 14.3 Å². The topological polar surface area (TPSA) is 109 Å². The lowest BCUT2D eigenvalue weighted by molar-refractivity contribution is -0.107. The quantitative estimate of drug-likeness (QED) is 0.117. The first-order valence-electron chi connectivity index (χ1n) is 17.5. The Morgan fingerprint density at radius 3 is 2.38 bits per heavy atom. The van der Waals surface area contributed by atoms with E-state index in [-0.39, 0.29) is 0 Å². The predicted molar refractivity (Wildman–Crippen MR) is 212 cm³/mol. The third kappa shape index (κ3) is 11.9. The summed E-state index contributed by atoms with van der Waals surface area (Å²) in [6, 6.07) is 24.2. The van der Waals surface area contributed by atoms with Crippen LogP contribution in [-0.4, -0.2) is 119 Å². The molecule has 2 heterocycles. The molecule has 0 saturated carbocycles. The van der Waals surface area contributed by atoms with Crippen LogP contribution in [0, 0.1) is 0 Å². The molecule has 0 atom stereocenters. The summed E-state index contributed by atoms with van der Waals surface area (Å²) in [4.78, 5) is 42.4. The lowest BCUT2D eigenvalue weighted by Gasteiger charge is -2.34. The normalized spacial score (nSPS) is 13.1. The Labute approximate surface area is 308 Å². The lowest BCUT2D eigenvalue weighted by atomic mass is 10.1. The number of carbonyl (C=O) groups excluding carboxylic acids is 2. The predicted octanol–water partition coefficient (Wildman–Crippen LogP) is 5.29. The monoisotopic (exact) mass is 707 g/mol. The van der Waals surface area contributed by atoms with E-state index >= 15 is 0 Å². The Kier molecular flexibility index (Phi) is 15.6. The molecule has 1 aliphatic rings. The Morgan fingerprint density at radius 2 is 1.71 bits per heavy atom. The molecule has 0 bridgehead atoms. The van der Waals surface area contributed by atoms with Crippen molar-refractivity contribution in [3.63, 3.8) is 0 Å². The Bertz CT molecular complexity index is 1730. The van der Waals surface area contributed by atoms with Crippen LogP contribution in [0.4, 0.5) is 34.5 Å². The number of aromatic nitrogens is 2. The van der Waals surface area contributed by atoms with Crippen LogP contribution in [0.1, 0.15) is 11.1 Å². The van der Waals surface area contributed by atoms with Gasteiger partial charge in [0.05, 0.1) is 18.5 Å². The van der Waals surface area contributed by atoms with Crippen LogP contribution in [-0.2, 0) is 22.6 Å². The number of ether oxygens (including phenoxy) is 1. The van der Waals surface area contributed by atoms with Crippen LogP contribution in [0.2, 0.25) is 0 Å². The Balaban J connectivity index is 0.000000677. The van der Waals surface area contributed by atoms with Crippen molar-refractivity contribution >= 4 is 47.2 Å². The van der Waals surface area contributed by atoms with Gasteiger partial charge in [-0.15, -0.1) is 0 Å². The zero-order valence-electron chi connectivity index (χ0n) is 31.3. The van der Waals surface area contributed by atoms with Crippen molar-refractivity contribution in [1.82, 2.24) is 24.7 Å². The number of piperazine rings is 1. The van der Waals surface area contributed by atoms with E-state index in [1.54, 1.807) is 12.0 Å². The number of aldehydes is 1. The van der Waals surface area contributed by atoms with Gasteiger partial charge >= 0.3 is 0 Å². The smallest absolute Gasteiger partial charge is 0.229 e. The number of carbonyl (C=O) groups is 2. The molecule has 4 aromatic rings. The highest BCUT2D eigenvalue weighted by molar-refractivity contribution is 5.87. The van der Waals surface area contributed by atoms with Gasteiger partial charge in [0, 0.05) is 82.1 Å². The molecule has 0 radical (unpaired) electrons. The van der Waals surface area contributed by atoms with Crippen molar-refractivity contribution in [1.29, 1.82) is 0 Å². The van der Waals surface area contributed by atoms with Crippen molar-refractivity contribution in [2.45, 2.75) is 13.0 Å². The van der Waals surface area contributed by atoms with Crippen molar-refractivity contribution in [3.8, 4) is 5.75 Å². The molecule has 1 fully saturated rings. The number of allylic oxidation sites excluding steroid dienone is 1. The van der Waals surface area contributed by atoms with E-state index in [0.29, 0.717) is 29.6 Å². The van der Waals surface area contributed by atoms with E-state index in [2.05, 4.69) is 74.7 Å². The number of rotatable bonds is 16. The summed E-state index contributed by atoms with van der Waals surface area (Å²) in [5.74, 6) is 1.61. The van der Waals surface area contributed by atoms with Gasteiger partial charge in [0.25, 0.3) is 0 Å². The number of hydrogen-bond acceptors (Lipinski definition) is 11. The van der Waals surface area contributed by atoms with Crippen LogP contribution < -0.4 is 25.2 Å². The van der Waals surface area contributed by atoms with E-state index in [0.717, 1.165) is 81.1 Å². The first-order chi connectivity index (χ1) is 25.2. The molecular weight excluding hydrogens is 654 g/mol. The van der Waals surface area contributed by atoms with E-state index in [9.17, 15) is 9.59 Å². The van der Waals surface area contributed by atoms with Gasteiger partial charge < -0.3 is 35.0 Å². The van der Waals surface area contributed by atoms with Crippen molar-refractivity contribution in [2.75, 3.05) is 102 Å². The van der Waals surface area contributed by atoms with Crippen LogP contribution >= 0.6 is 0 Å². The molecule has 0 spiro atoms. The standard InChI is InChI=1S/C34H42N8O2.C6H11NO/c1-35-28-11-8-12-30(21-28)42(25-43)33-27(15-16-40(3)24-26-9-6-5-7-10-26)23-36-34(38-33)37-31-14-13-29(22-32(31)44-4)41-19-17-39(2)18-20-41;1-7(2)5-3-4-6-8/h5-14,21-23,25,35H,15-20,24H2,1-4H3,(H,36,37,38);3-4,6H,5H2,1-2H3/b;4-3+. The number of benzene rings is 3. The van der Waals surface area contributed by atoms with Gasteiger partial charge in [0.1, 0.15) is 17.9 Å². The highest BCUT2D eigenvalue weighted by Gasteiger charge is 2.20. The highest BCUT2D eigenvalue weighted by Crippen LogP contribution is 2.33. The second kappa shape index (κ2) is 20.5. The molecule has 0 aliphatic carbocycles. The summed E-state index contributed by atoms with van der Waals surface area (Å²) in [6.07, 6.45) is 7.38. The average molecular weight is 708 g/mol. The fourth-order valence-corrected chi connectivity index (χ4v) is 5.66. The maximum atomic E-state index is 12.6. The average Bonchev–Trinajstić information content (AvgIpc) is 3.16. The zero-order chi connectivity index (χ0) is 37.3. The summed E-state index contributed by atoms with van der Waals surface area (Å²) in [5.41, 5.74) is 5.60. The number of nitrogens with one attached hydrogen (secondary N) is 2. The number of hydrogen-bond donors (Lipinski definition) is 2. The molecule has 12 heteroatoms. The summed E-state index contributed by atoms with van der Waals surface area (Å²) in [5, 5.41) is 6.49. The van der Waals surface area contributed by atoms with Crippen LogP contribution in [0.3, 0.4) is 0 Å². The van der Waals surface area contributed by atoms with E-state index < -0.39 is 0 Å². The van der Waals surface area contributed by atoms with Crippen LogP contribution in [0.5, 0.6) is 5.75 Å². The number of nitrogens with zero attached hydrogens (tertiary/aromatic N) is 7. The minimum atomic E-state index is 0.378. The van der Waals surface area contributed by atoms with E-state index in [1.807, 2.05) is 80.8 Å². The van der Waals surface area contributed by atoms with E-state index in [4.69, 9.17) is 9.72 Å². The van der Waals surface area contributed by atoms with Gasteiger partial charge in [-0.25, -0.2) is 4.98 Å². The summed E-state index contributed by atoms with van der Waals surface area (Å²) < 4.78 is 5.77. The molecule has 1 aliphatic heterocycles. The molecule has 12 nitrogen and oxygen atoms in total. The van der Waals surface area contributed by atoms with Gasteiger partial charge in [-0.2, -0.15) is 4.98 Å². The summed E-state index contributed by atoms with van der Waals surface area (Å²) in [6.45, 7) is 6.41. The number of amides is 1. The van der Waals surface area contributed by atoms with Gasteiger partial charge in [0.2, 0.25) is 12.4 Å². The Hall–Kier alpha value is -5.30. The minimum Gasteiger partial charge on any atom is -0.494 e. The van der Waals surface area contributed by atoms with Gasteiger partial charge in [0.15, 0.2) is 0 Å². The molecule has 0 unspecified atom stereocenters. The summed E-state index contributed by atoms with van der Waals surface area (Å²) >= 11 is 0. The number of methoxy groups -OCH3 is 1. The van der Waals surface area contributed by atoms with Gasteiger partial charge in [-0.05, 0) is 76.6 Å². The largest absolute Gasteiger partial charge is 0.494 e. The fraction of sp³-hybridized carbons (Fsp3) is 0.350. The molecule has 5 rings (SSSR count). The molecule has 1 saturated heterocycles. The molecule has 3 aromatic carbocycles. The number of anilines is 6. The third-order valence-electron chi connectivity index (χ3n) is 8.63. The highest BCUT2D eigenvalue weighted by atomic mass is 16.5. The number of likely N-dealkylation sites (N-methyl/N-ethyl adjacent to an activating group) is 3. The first-order valence-corrected chi connectivity index (χ1v) is 17.5. The SMILES string of the molecule is CN(C)C/C=C/C=O.CNc1cccc(N(C=O)c2nc(Nc3ccc(N4CCN(C)CC4)cc3OC)ncc2CCN(C)Cc2ccccc2)c1. The molecule has 1 amide bonds. The molecular formula is C40H53N9O3. The van der Waals surface area contributed by atoms with E-state index in [1.165, 1.54) is 11.6 Å². The second-order valence-corrected chi connectivity index (χ2v) is 12.9. The molecule has 52 heavy (non-hydrogen) atoms. The zero-order valence-corrected chi connectivity index (χ0v) is 31.3. The van der Waals surface area contributed by atoms with Crippen molar-refractivity contribution in [3.05, 3.63) is 102 Å². The first kappa shape index (κ1) is 39.5. The maximum Gasteiger partial charge on any atom is 0.229 e. The second-order valence-electron chi connectivity index (χ2n) is 12.9. The third-order valence-corrected chi connectivity index (χ3v) is 8.63. The van der Waals surface area contributed by atoms with Crippen LogP contribution in [0.25, 0.3) is 0 Å². The van der Waals surface area contributed by atoms with Gasteiger partial charge in [-0.1, -0.05) is 42.5 Å². The summed E-state index contributed by atoms with van der Waals surface area (Å²) in [7, 11) is 11.7. The molecule has 276 valence electrons. The maximum absolute atomic E-state index is 12.6. The van der Waals surface area contributed by atoms with Crippen LogP contribution in [0.15, 0.2) is 91.1 Å². The molecule has 1 aromatic heterocycles. The van der Waals surface area contributed by atoms with Gasteiger partial charge in [-0.3, -0.25) is 14.5 Å². The fourth-order valence-electron chi connectivity index (χ4n) is 5.66.